The minimum Gasteiger partial charge on any atom is -0.359 e. The maximum absolute atomic E-state index is 4.25. The minimum absolute atomic E-state index is 0.736. The minimum atomic E-state index is 0.736. The molecular formula is C9H13N5. The normalized spacial score (nSPS) is 10.4. The summed E-state index contributed by atoms with van der Waals surface area (Å²) in [7, 11) is 3.84. The molecule has 74 valence electrons. The van der Waals surface area contributed by atoms with E-state index in [9.17, 15) is 0 Å². The lowest BCUT2D eigenvalue weighted by atomic mass is 10.5. The van der Waals surface area contributed by atoms with E-state index in [4.69, 9.17) is 0 Å². The molecule has 0 aliphatic carbocycles. The lowest BCUT2D eigenvalue weighted by Crippen LogP contribution is -2.08. The number of hydrogen-bond acceptors (Lipinski definition) is 3. The molecule has 0 aliphatic rings. The first kappa shape index (κ1) is 8.80. The summed E-state index contributed by atoms with van der Waals surface area (Å²) in [5.74, 6) is 1.87. The molecule has 5 heteroatoms. The maximum atomic E-state index is 4.25. The van der Waals surface area contributed by atoms with Crippen molar-refractivity contribution in [1.29, 1.82) is 0 Å². The third-order valence-electron chi connectivity index (χ3n) is 2.17. The van der Waals surface area contributed by atoms with Crippen LogP contribution in [-0.2, 0) is 13.6 Å². The van der Waals surface area contributed by atoms with Gasteiger partial charge in [-0.25, -0.2) is 9.97 Å². The van der Waals surface area contributed by atoms with E-state index in [0.717, 1.165) is 18.3 Å². The maximum Gasteiger partial charge on any atom is 0.202 e. The van der Waals surface area contributed by atoms with Crippen molar-refractivity contribution < 1.29 is 0 Å². The smallest absolute Gasteiger partial charge is 0.202 e. The fraction of sp³-hybridized carbons (Fsp3) is 0.333. The van der Waals surface area contributed by atoms with Crippen LogP contribution in [0, 0.1) is 0 Å². The van der Waals surface area contributed by atoms with E-state index in [-0.39, 0.29) is 0 Å². The monoisotopic (exact) mass is 191 g/mol. The van der Waals surface area contributed by atoms with Crippen LogP contribution in [0.5, 0.6) is 0 Å². The highest BCUT2D eigenvalue weighted by Crippen LogP contribution is 2.06. The Labute approximate surface area is 82.4 Å². The molecular weight excluding hydrogens is 178 g/mol. The molecule has 1 N–H and O–H groups in total. The van der Waals surface area contributed by atoms with Crippen LogP contribution in [0.1, 0.15) is 5.82 Å². The number of nitrogens with zero attached hydrogens (tertiary/aromatic N) is 4. The number of nitrogens with one attached hydrogen (secondary N) is 1. The summed E-state index contributed by atoms with van der Waals surface area (Å²) in [4.78, 5) is 8.41. The van der Waals surface area contributed by atoms with Crippen molar-refractivity contribution >= 4 is 5.95 Å². The summed E-state index contributed by atoms with van der Waals surface area (Å²) in [6.07, 6.45) is 7.44. The lowest BCUT2D eigenvalue weighted by molar-refractivity contribution is 0.704. The number of hydrogen-bond donors (Lipinski definition) is 1. The summed E-state index contributed by atoms with van der Waals surface area (Å²) in [6.45, 7) is 0.736. The average molecular weight is 191 g/mol. The zero-order valence-corrected chi connectivity index (χ0v) is 8.31. The van der Waals surface area contributed by atoms with Crippen molar-refractivity contribution in [2.45, 2.75) is 6.54 Å². The van der Waals surface area contributed by atoms with Crippen LogP contribution in [0.4, 0.5) is 5.95 Å². The van der Waals surface area contributed by atoms with Gasteiger partial charge in [-0.15, -0.1) is 0 Å². The fourth-order valence-electron chi connectivity index (χ4n) is 1.37. The molecule has 0 aromatic carbocycles. The molecule has 2 aromatic rings. The Morgan fingerprint density at radius 3 is 2.71 bits per heavy atom. The van der Waals surface area contributed by atoms with Crippen molar-refractivity contribution in [3.05, 3.63) is 30.6 Å². The molecule has 2 heterocycles. The van der Waals surface area contributed by atoms with Crippen LogP contribution in [0.15, 0.2) is 24.8 Å². The standard InChI is InChI=1S/C9H13N5/c1-10-9-12-4-6-14(9)7-8-11-3-5-13(8)2/h3-6H,7H2,1-2H3,(H,10,12). The van der Waals surface area contributed by atoms with Gasteiger partial charge in [0.15, 0.2) is 0 Å². The second-order valence-corrected chi connectivity index (χ2v) is 3.08. The Hall–Kier alpha value is -1.78. The number of aryl methyl sites for hydroxylation is 1. The van der Waals surface area contributed by atoms with Gasteiger partial charge in [0, 0.05) is 38.9 Å². The topological polar surface area (TPSA) is 47.7 Å². The summed E-state index contributed by atoms with van der Waals surface area (Å²) in [6, 6.07) is 0. The van der Waals surface area contributed by atoms with Crippen molar-refractivity contribution in [1.82, 2.24) is 19.1 Å². The number of rotatable bonds is 3. The first-order valence-corrected chi connectivity index (χ1v) is 4.46. The third-order valence-corrected chi connectivity index (χ3v) is 2.17. The summed E-state index contributed by atoms with van der Waals surface area (Å²) >= 11 is 0. The quantitative estimate of drug-likeness (QED) is 0.777. The lowest BCUT2D eigenvalue weighted by Gasteiger charge is -2.06. The van der Waals surface area contributed by atoms with Gasteiger partial charge in [-0.2, -0.15) is 0 Å². The van der Waals surface area contributed by atoms with Crippen LogP contribution >= 0.6 is 0 Å². The molecule has 0 radical (unpaired) electrons. The highest BCUT2D eigenvalue weighted by atomic mass is 15.2. The summed E-state index contributed by atoms with van der Waals surface area (Å²) in [5, 5.41) is 3.02. The fourth-order valence-corrected chi connectivity index (χ4v) is 1.37. The molecule has 0 amide bonds. The zero-order chi connectivity index (χ0) is 9.97. The molecule has 0 aliphatic heterocycles. The van der Waals surface area contributed by atoms with Gasteiger partial charge in [-0.05, 0) is 0 Å². The molecule has 2 aromatic heterocycles. The molecule has 0 saturated heterocycles. The average Bonchev–Trinajstić information content (AvgIpc) is 2.77. The Kier molecular flexibility index (Phi) is 2.22. The van der Waals surface area contributed by atoms with Crippen LogP contribution in [0.25, 0.3) is 0 Å². The third kappa shape index (κ3) is 1.48. The van der Waals surface area contributed by atoms with Gasteiger partial charge in [-0.1, -0.05) is 0 Å². The molecule has 0 fully saturated rings. The Balaban J connectivity index is 2.22. The largest absolute Gasteiger partial charge is 0.359 e. The van der Waals surface area contributed by atoms with Gasteiger partial charge >= 0.3 is 0 Å². The molecule has 0 unspecified atom stereocenters. The van der Waals surface area contributed by atoms with Gasteiger partial charge in [0.25, 0.3) is 0 Å². The predicted octanol–water partition coefficient (Wildman–Crippen LogP) is 0.707. The van der Waals surface area contributed by atoms with Gasteiger partial charge in [0.05, 0.1) is 6.54 Å². The van der Waals surface area contributed by atoms with Gasteiger partial charge in [0.1, 0.15) is 5.82 Å². The molecule has 0 saturated carbocycles. The van der Waals surface area contributed by atoms with Crippen LogP contribution < -0.4 is 5.32 Å². The Morgan fingerprint density at radius 1 is 1.29 bits per heavy atom. The molecule has 0 bridgehead atoms. The molecule has 14 heavy (non-hydrogen) atoms. The van der Waals surface area contributed by atoms with Gasteiger partial charge in [0.2, 0.25) is 5.95 Å². The van der Waals surface area contributed by atoms with E-state index in [2.05, 4.69) is 15.3 Å². The van der Waals surface area contributed by atoms with Crippen LogP contribution in [0.2, 0.25) is 0 Å². The molecule has 0 spiro atoms. The first-order valence-electron chi connectivity index (χ1n) is 4.46. The second kappa shape index (κ2) is 3.53. The van der Waals surface area contributed by atoms with E-state index in [1.54, 1.807) is 12.4 Å². The highest BCUT2D eigenvalue weighted by molar-refractivity contribution is 5.24. The van der Waals surface area contributed by atoms with Gasteiger partial charge < -0.3 is 14.5 Å². The second-order valence-electron chi connectivity index (χ2n) is 3.08. The summed E-state index contributed by atoms with van der Waals surface area (Å²) in [5.41, 5.74) is 0. The number of imidazole rings is 2. The van der Waals surface area contributed by atoms with E-state index in [1.807, 2.05) is 35.6 Å². The molecule has 5 nitrogen and oxygen atoms in total. The van der Waals surface area contributed by atoms with Crippen LogP contribution in [-0.4, -0.2) is 26.1 Å². The van der Waals surface area contributed by atoms with Crippen molar-refractivity contribution in [2.75, 3.05) is 12.4 Å². The van der Waals surface area contributed by atoms with Crippen molar-refractivity contribution in [3.63, 3.8) is 0 Å². The molecule has 2 rings (SSSR count). The van der Waals surface area contributed by atoms with E-state index in [1.165, 1.54) is 0 Å². The van der Waals surface area contributed by atoms with E-state index in [0.29, 0.717) is 0 Å². The van der Waals surface area contributed by atoms with E-state index < -0.39 is 0 Å². The predicted molar refractivity (Wildman–Crippen MR) is 54.1 cm³/mol. The molecule has 0 atom stereocenters. The zero-order valence-electron chi connectivity index (χ0n) is 8.31. The highest BCUT2D eigenvalue weighted by Gasteiger charge is 2.03. The number of anilines is 1. The van der Waals surface area contributed by atoms with Gasteiger partial charge in [-0.3, -0.25) is 0 Å². The SMILES string of the molecule is CNc1nccn1Cc1nccn1C. The Morgan fingerprint density at radius 2 is 2.07 bits per heavy atom. The number of aromatic nitrogens is 4. The van der Waals surface area contributed by atoms with Crippen molar-refractivity contribution in [3.8, 4) is 0 Å². The Bertz CT molecular complexity index is 414. The van der Waals surface area contributed by atoms with Crippen molar-refractivity contribution in [2.24, 2.45) is 7.05 Å². The van der Waals surface area contributed by atoms with Crippen LogP contribution in [0.3, 0.4) is 0 Å². The summed E-state index contributed by atoms with van der Waals surface area (Å²) < 4.78 is 4.02. The van der Waals surface area contributed by atoms with E-state index >= 15 is 0 Å². The first-order chi connectivity index (χ1) is 6.81.